The first kappa shape index (κ1) is 74.7. The highest BCUT2D eigenvalue weighted by Crippen LogP contribution is 2.72. The molecular formula is C104H84N4O9S. The minimum atomic E-state index is -4.81. The number of hydrogen-bond acceptors (Lipinski definition) is 13. The minimum absolute atomic E-state index is 0.704. The number of benzene rings is 16. The molecule has 13 nitrogen and oxygen atoms in total. The van der Waals surface area contributed by atoms with Crippen LogP contribution in [0.4, 0.5) is 68.2 Å². The van der Waals surface area contributed by atoms with Crippen LogP contribution in [0.15, 0.2) is 384 Å². The van der Waals surface area contributed by atoms with Crippen molar-refractivity contribution in [3.8, 4) is 113 Å². The summed E-state index contributed by atoms with van der Waals surface area (Å²) in [5.41, 5.74) is 21.9. The van der Waals surface area contributed by atoms with Crippen LogP contribution in [0.2, 0.25) is 0 Å². The molecule has 2 aliphatic heterocycles. The molecule has 580 valence electrons. The molecule has 0 saturated carbocycles. The third-order valence-corrected chi connectivity index (χ3v) is 27.4. The van der Waals surface area contributed by atoms with Gasteiger partial charge in [0.1, 0.15) is 46.0 Å². The molecule has 0 unspecified atom stereocenters. The van der Waals surface area contributed by atoms with Gasteiger partial charge in [0, 0.05) is 96.4 Å². The molecule has 14 heteroatoms. The summed E-state index contributed by atoms with van der Waals surface area (Å²) in [6.45, 7) is 0. The fourth-order valence-corrected chi connectivity index (χ4v) is 22.0. The van der Waals surface area contributed by atoms with E-state index in [-0.39, 0.29) is 0 Å². The van der Waals surface area contributed by atoms with Crippen molar-refractivity contribution in [2.45, 2.75) is 19.6 Å². The van der Waals surface area contributed by atoms with Gasteiger partial charge in [-0.15, -0.1) is 0 Å². The summed E-state index contributed by atoms with van der Waals surface area (Å²) >= 11 is 0. The molecule has 16 aromatic rings. The zero-order valence-electron chi connectivity index (χ0n) is 66.5. The van der Waals surface area contributed by atoms with E-state index in [0.29, 0.717) is 19.6 Å². The molecule has 0 aliphatic carbocycles. The lowest BCUT2D eigenvalue weighted by molar-refractivity contribution is 0.414. The highest BCUT2D eigenvalue weighted by atomic mass is 32.3. The van der Waals surface area contributed by atoms with E-state index in [1.54, 1.807) is 56.9 Å². The molecule has 2 aliphatic rings. The van der Waals surface area contributed by atoms with Gasteiger partial charge >= 0.3 is 0 Å². The molecule has 2 heterocycles. The predicted molar refractivity (Wildman–Crippen MR) is 478 cm³/mol. The van der Waals surface area contributed by atoms with E-state index in [4.69, 9.17) is 37.9 Å². The third-order valence-electron chi connectivity index (χ3n) is 22.6. The second kappa shape index (κ2) is 31.2. The van der Waals surface area contributed by atoms with E-state index in [1.165, 1.54) is 0 Å². The first-order chi connectivity index (χ1) is 57.9. The van der Waals surface area contributed by atoms with E-state index in [2.05, 4.69) is 287 Å². The van der Waals surface area contributed by atoms with Crippen molar-refractivity contribution in [3.05, 3.63) is 364 Å². The summed E-state index contributed by atoms with van der Waals surface area (Å²) in [5.74, 6) is 5.91. The second-order valence-corrected chi connectivity index (χ2v) is 32.4. The van der Waals surface area contributed by atoms with Crippen LogP contribution in [-0.4, -0.2) is 61.1 Å². The number of ether oxygens (including phenoxy) is 8. The van der Waals surface area contributed by atoms with Crippen LogP contribution in [0.1, 0.15) is 0 Å². The molecule has 16 aromatic carbocycles. The van der Waals surface area contributed by atoms with Crippen molar-refractivity contribution < 1.29 is 42.1 Å². The number of anilines is 12. The monoisotopic (exact) mass is 1560 g/mol. The van der Waals surface area contributed by atoms with Crippen LogP contribution in [0.3, 0.4) is 0 Å². The van der Waals surface area contributed by atoms with Crippen LogP contribution < -0.4 is 57.5 Å². The molecule has 118 heavy (non-hydrogen) atoms. The minimum Gasteiger partial charge on any atom is -0.497 e. The van der Waals surface area contributed by atoms with E-state index in [9.17, 15) is 0 Å². The summed E-state index contributed by atoms with van der Waals surface area (Å²) in [6, 6.07) is 126. The number of rotatable bonds is 24. The number of nitrogens with zero attached hydrogens (tertiary/aromatic N) is 4. The Bertz CT molecular complexity index is 5500. The lowest BCUT2D eigenvalue weighted by Gasteiger charge is -2.39. The Morgan fingerprint density at radius 1 is 0.178 bits per heavy atom. The van der Waals surface area contributed by atoms with Crippen molar-refractivity contribution in [3.63, 3.8) is 0 Å². The Hall–Kier alpha value is -14.7. The van der Waals surface area contributed by atoms with Crippen LogP contribution >= 0.6 is 0 Å². The van der Waals surface area contributed by atoms with Crippen molar-refractivity contribution in [2.24, 2.45) is 0 Å². The van der Waals surface area contributed by atoms with Crippen molar-refractivity contribution >= 4 is 77.3 Å². The van der Waals surface area contributed by atoms with Gasteiger partial charge in [0.05, 0.1) is 79.6 Å². The largest absolute Gasteiger partial charge is 0.497 e. The van der Waals surface area contributed by atoms with Gasteiger partial charge in [-0.3, -0.25) is 4.21 Å². The zero-order chi connectivity index (χ0) is 80.6. The SMILES string of the molecule is COc1ccc(N(c2ccc(OC)cc2)c2ccccc2-c2ccc3c(c2)-c2cc(-c4ccccc4N(c4ccc(OC)cc4)c4ccc(OC)cc4)ccc2S32(=O)c3ccc(-c4ccccc4N(c4ccc(OC)cc4)c4ccc(OC)cc4)cc3-c3cc(-c4ccccc4N(c4ccc(OC)cc4)c4ccc(OC)cc4)ccc32)cc1. The van der Waals surface area contributed by atoms with Crippen LogP contribution in [0, 0.1) is 0 Å². The van der Waals surface area contributed by atoms with E-state index in [0.717, 1.165) is 181 Å². The average molecular weight is 1570 g/mol. The number of para-hydroxylation sites is 4. The lowest BCUT2D eigenvalue weighted by atomic mass is 9.94. The average Bonchev–Trinajstić information content (AvgIpc) is 1.47. The Kier molecular flexibility index (Phi) is 19.8. The Morgan fingerprint density at radius 3 is 0.483 bits per heavy atom. The number of hydrogen-bond donors (Lipinski definition) is 0. The van der Waals surface area contributed by atoms with Crippen LogP contribution in [0.25, 0.3) is 66.8 Å². The highest BCUT2D eigenvalue weighted by Gasteiger charge is 2.58. The van der Waals surface area contributed by atoms with Gasteiger partial charge in [-0.25, -0.2) is 0 Å². The molecule has 0 atom stereocenters. The van der Waals surface area contributed by atoms with E-state index >= 15 is 4.21 Å². The predicted octanol–water partition coefficient (Wildman–Crippen LogP) is 26.6. The summed E-state index contributed by atoms with van der Waals surface area (Å²) in [4.78, 5) is 11.9. The van der Waals surface area contributed by atoms with Crippen molar-refractivity contribution in [2.75, 3.05) is 76.5 Å². The van der Waals surface area contributed by atoms with Gasteiger partial charge in [0.25, 0.3) is 0 Å². The molecule has 0 fully saturated rings. The Balaban J connectivity index is 0.904. The molecule has 0 radical (unpaired) electrons. The maximum atomic E-state index is 20.0. The zero-order valence-corrected chi connectivity index (χ0v) is 67.3. The van der Waals surface area contributed by atoms with Crippen molar-refractivity contribution in [1.82, 2.24) is 0 Å². The summed E-state index contributed by atoms with van der Waals surface area (Å²) < 4.78 is 65.8. The van der Waals surface area contributed by atoms with Gasteiger partial charge in [-0.2, -0.15) is 0 Å². The lowest BCUT2D eigenvalue weighted by Crippen LogP contribution is -2.30. The smallest absolute Gasteiger partial charge is 0.119 e. The molecule has 0 saturated heterocycles. The van der Waals surface area contributed by atoms with Gasteiger partial charge in [0.15, 0.2) is 0 Å². The van der Waals surface area contributed by atoms with Crippen molar-refractivity contribution in [1.29, 1.82) is 0 Å². The molecule has 0 amide bonds. The quantitative estimate of drug-likeness (QED) is 0.0574. The van der Waals surface area contributed by atoms with Crippen LogP contribution in [-0.2, 0) is 9.07 Å². The van der Waals surface area contributed by atoms with Gasteiger partial charge in [-0.1, -0.05) is 97.1 Å². The maximum absolute atomic E-state index is 20.0. The van der Waals surface area contributed by atoms with E-state index < -0.39 is 9.07 Å². The fourth-order valence-electron chi connectivity index (χ4n) is 16.9. The number of fused-ring (bicyclic) bond motifs is 10. The second-order valence-electron chi connectivity index (χ2n) is 28.8. The normalized spacial score (nSPS) is 12.6. The van der Waals surface area contributed by atoms with Crippen LogP contribution in [0.5, 0.6) is 46.0 Å². The number of methoxy groups -OCH3 is 8. The third kappa shape index (κ3) is 12.9. The topological polar surface area (TPSA) is 104 Å². The first-order valence-electron chi connectivity index (χ1n) is 38.9. The summed E-state index contributed by atoms with van der Waals surface area (Å²) in [7, 11) is 8.65. The molecule has 18 rings (SSSR count). The molecule has 0 bridgehead atoms. The van der Waals surface area contributed by atoms with Gasteiger partial charge in [0.2, 0.25) is 0 Å². The highest BCUT2D eigenvalue weighted by molar-refractivity contribution is 8.21. The standard InChI is InChI=1S/C104H84N4O9S/c1-110-81-45-29-73(30-46-81)105(74-31-47-82(111-2)48-32-74)97-21-13-9-17-89(97)69-25-61-101-93(65-69)94-66-70(90-18-10-14-22-98(90)106(75-33-49-83(112-3)50-34-75)76-35-51-84(113-4)52-36-76)26-62-102(94)118(101,109)103-63-27-71(91-19-11-15-23-99(91)107(77-37-53-85(114-5)54-38-77)78-39-55-86(115-6)56-40-78)67-95(103)96-68-72(28-64-104(96)118)92-20-12-16-24-100(92)108(79-41-57-87(116-7)58-42-79)80-43-59-88(117-8)60-44-80/h9-68H,1-8H3. The first-order valence-corrected chi connectivity index (χ1v) is 40.9. The summed E-state index contributed by atoms with van der Waals surface area (Å²) in [5, 5.41) is 0. The Labute approximate surface area is 687 Å². The summed E-state index contributed by atoms with van der Waals surface area (Å²) in [6.07, 6.45) is 0. The molecule has 0 aromatic heterocycles. The van der Waals surface area contributed by atoms with Gasteiger partial charge in [-0.05, 0) is 311 Å². The molecular weight excluding hydrogens is 1480 g/mol. The molecule has 0 N–H and O–H groups in total. The molecule has 1 spiro atoms. The fraction of sp³-hybridized carbons (Fsp3) is 0.0769. The Morgan fingerprint density at radius 2 is 0.331 bits per heavy atom. The van der Waals surface area contributed by atoms with Gasteiger partial charge < -0.3 is 57.5 Å². The van der Waals surface area contributed by atoms with E-state index in [1.807, 2.05) is 97.1 Å². The maximum Gasteiger partial charge on any atom is 0.119 e.